The Hall–Kier alpha value is -0.830. The molecule has 0 radical (unpaired) electrons. The molecule has 1 fully saturated rings. The fourth-order valence-electron chi connectivity index (χ4n) is 2.16. The summed E-state index contributed by atoms with van der Waals surface area (Å²) in [6.07, 6.45) is 1.12. The number of carboxylic acids is 1. The van der Waals surface area contributed by atoms with Gasteiger partial charge in [-0.25, -0.2) is 0 Å². The second-order valence-corrected chi connectivity index (χ2v) is 4.85. The molecule has 1 saturated carbocycles. The van der Waals surface area contributed by atoms with Crippen molar-refractivity contribution < 1.29 is 15.0 Å². The first kappa shape index (κ1) is 14.2. The lowest BCUT2D eigenvalue weighted by Gasteiger charge is -2.52. The number of hydrogen-bond acceptors (Lipinski definition) is 2. The minimum atomic E-state index is -0.833. The number of hydrogen-bond donors (Lipinski definition) is 2. The van der Waals surface area contributed by atoms with Crippen LogP contribution in [0.5, 0.6) is 0 Å². The maximum Gasteiger partial charge on any atom is 0.300 e. The molecule has 1 aliphatic carbocycles. The SMILES string of the molecule is C=C(C)[C@H]1C[C@@H](CO)C1(C)C.CC(=O)O. The molecule has 0 heterocycles. The largest absolute Gasteiger partial charge is 0.481 e. The molecular formula is C12H22O3. The zero-order chi connectivity index (χ0) is 12.2. The van der Waals surface area contributed by atoms with Gasteiger partial charge in [-0.05, 0) is 30.6 Å². The average molecular weight is 214 g/mol. The highest BCUT2D eigenvalue weighted by atomic mass is 16.4. The van der Waals surface area contributed by atoms with Crippen molar-refractivity contribution in [3.8, 4) is 0 Å². The predicted molar refractivity (Wildman–Crippen MR) is 60.6 cm³/mol. The van der Waals surface area contributed by atoms with Crippen LogP contribution < -0.4 is 0 Å². The Labute approximate surface area is 91.8 Å². The lowest BCUT2D eigenvalue weighted by Crippen LogP contribution is -2.46. The second-order valence-electron chi connectivity index (χ2n) is 4.85. The van der Waals surface area contributed by atoms with Crippen molar-refractivity contribution in [1.29, 1.82) is 0 Å². The average Bonchev–Trinajstić information content (AvgIpc) is 2.01. The number of carboxylic acid groups (broad SMARTS) is 1. The summed E-state index contributed by atoms with van der Waals surface area (Å²) in [6, 6.07) is 0. The number of rotatable bonds is 2. The van der Waals surface area contributed by atoms with Gasteiger partial charge in [-0.3, -0.25) is 4.79 Å². The van der Waals surface area contributed by atoms with Crippen molar-refractivity contribution >= 4 is 5.97 Å². The van der Waals surface area contributed by atoms with Crippen LogP contribution in [-0.2, 0) is 4.79 Å². The minimum Gasteiger partial charge on any atom is -0.481 e. The molecule has 0 aromatic rings. The van der Waals surface area contributed by atoms with Crippen LogP contribution in [0, 0.1) is 17.3 Å². The van der Waals surface area contributed by atoms with E-state index >= 15 is 0 Å². The van der Waals surface area contributed by atoms with E-state index in [2.05, 4.69) is 27.4 Å². The number of aliphatic hydroxyl groups excluding tert-OH is 1. The van der Waals surface area contributed by atoms with E-state index in [0.29, 0.717) is 18.4 Å². The molecular weight excluding hydrogens is 192 g/mol. The Kier molecular flexibility index (Phi) is 5.01. The fourth-order valence-corrected chi connectivity index (χ4v) is 2.16. The first-order valence-corrected chi connectivity index (χ1v) is 5.19. The first-order valence-electron chi connectivity index (χ1n) is 5.19. The smallest absolute Gasteiger partial charge is 0.300 e. The zero-order valence-electron chi connectivity index (χ0n) is 10.1. The molecule has 3 heteroatoms. The third kappa shape index (κ3) is 3.67. The molecule has 0 aliphatic heterocycles. The summed E-state index contributed by atoms with van der Waals surface area (Å²) in [5, 5.41) is 16.4. The van der Waals surface area contributed by atoms with Crippen LogP contribution in [0.4, 0.5) is 0 Å². The van der Waals surface area contributed by atoms with Crippen molar-refractivity contribution in [2.45, 2.75) is 34.1 Å². The van der Waals surface area contributed by atoms with Crippen LogP contribution in [0.2, 0.25) is 0 Å². The van der Waals surface area contributed by atoms with Gasteiger partial charge in [-0.2, -0.15) is 0 Å². The van der Waals surface area contributed by atoms with Crippen molar-refractivity contribution in [3.05, 3.63) is 12.2 Å². The van der Waals surface area contributed by atoms with E-state index in [-0.39, 0.29) is 5.41 Å². The molecule has 2 atom stereocenters. The monoisotopic (exact) mass is 214 g/mol. The lowest BCUT2D eigenvalue weighted by molar-refractivity contribution is -0.134. The van der Waals surface area contributed by atoms with E-state index in [1.165, 1.54) is 5.57 Å². The highest BCUT2D eigenvalue weighted by Crippen LogP contribution is 2.53. The van der Waals surface area contributed by atoms with Gasteiger partial charge in [0.15, 0.2) is 0 Å². The number of aliphatic hydroxyl groups is 1. The van der Waals surface area contributed by atoms with E-state index in [0.717, 1.165) is 13.3 Å². The summed E-state index contributed by atoms with van der Waals surface area (Å²) in [5.41, 5.74) is 1.54. The van der Waals surface area contributed by atoms with Crippen molar-refractivity contribution in [2.24, 2.45) is 17.3 Å². The molecule has 0 bridgehead atoms. The molecule has 1 rings (SSSR count). The van der Waals surface area contributed by atoms with Crippen molar-refractivity contribution in [2.75, 3.05) is 6.61 Å². The van der Waals surface area contributed by atoms with Gasteiger partial charge >= 0.3 is 0 Å². The van der Waals surface area contributed by atoms with Crippen LogP contribution in [0.3, 0.4) is 0 Å². The van der Waals surface area contributed by atoms with E-state index in [4.69, 9.17) is 15.0 Å². The quantitative estimate of drug-likeness (QED) is 0.693. The van der Waals surface area contributed by atoms with Gasteiger partial charge in [0.25, 0.3) is 5.97 Å². The van der Waals surface area contributed by atoms with Gasteiger partial charge in [0.05, 0.1) is 0 Å². The van der Waals surface area contributed by atoms with E-state index in [1.54, 1.807) is 0 Å². The Bertz CT molecular complexity index is 239. The number of aliphatic carboxylic acids is 1. The fraction of sp³-hybridized carbons (Fsp3) is 0.750. The molecule has 0 saturated heterocycles. The van der Waals surface area contributed by atoms with Crippen molar-refractivity contribution in [1.82, 2.24) is 0 Å². The summed E-state index contributed by atoms with van der Waals surface area (Å²) >= 11 is 0. The van der Waals surface area contributed by atoms with Gasteiger partial charge in [0.1, 0.15) is 0 Å². The first-order chi connectivity index (χ1) is 6.73. The Balaban J connectivity index is 0.000000423. The number of allylic oxidation sites excluding steroid dienone is 1. The molecule has 2 N–H and O–H groups in total. The van der Waals surface area contributed by atoms with E-state index < -0.39 is 5.97 Å². The zero-order valence-corrected chi connectivity index (χ0v) is 10.1. The summed E-state index contributed by atoms with van der Waals surface area (Å²) in [4.78, 5) is 9.00. The topological polar surface area (TPSA) is 57.5 Å². The third-order valence-electron chi connectivity index (χ3n) is 3.29. The molecule has 0 aromatic carbocycles. The highest BCUT2D eigenvalue weighted by Gasteiger charge is 2.47. The highest BCUT2D eigenvalue weighted by molar-refractivity contribution is 5.62. The van der Waals surface area contributed by atoms with Gasteiger partial charge < -0.3 is 10.2 Å². The molecule has 3 nitrogen and oxygen atoms in total. The maximum atomic E-state index is 9.00. The van der Waals surface area contributed by atoms with Crippen LogP contribution in [0.25, 0.3) is 0 Å². The summed E-state index contributed by atoms with van der Waals surface area (Å²) in [7, 11) is 0. The predicted octanol–water partition coefficient (Wildman–Crippen LogP) is 2.31. The van der Waals surface area contributed by atoms with Crippen LogP contribution in [-0.4, -0.2) is 22.8 Å². The van der Waals surface area contributed by atoms with Crippen molar-refractivity contribution in [3.63, 3.8) is 0 Å². The molecule has 15 heavy (non-hydrogen) atoms. The van der Waals surface area contributed by atoms with Crippen LogP contribution in [0.1, 0.15) is 34.1 Å². The van der Waals surface area contributed by atoms with Crippen LogP contribution >= 0.6 is 0 Å². The van der Waals surface area contributed by atoms with Gasteiger partial charge in [0, 0.05) is 13.5 Å². The molecule has 0 unspecified atom stereocenters. The normalized spacial score (nSPS) is 27.0. The molecule has 1 aliphatic rings. The van der Waals surface area contributed by atoms with Gasteiger partial charge in [-0.15, -0.1) is 0 Å². The standard InChI is InChI=1S/C10H18O.C2H4O2/c1-7(2)9-5-8(6-11)10(9,3)4;1-2(3)4/h8-9,11H,1,5-6H2,2-4H3;1H3,(H,3,4)/t8-,9+;/m0./s1. The van der Waals surface area contributed by atoms with E-state index in [9.17, 15) is 0 Å². The molecule has 0 amide bonds. The van der Waals surface area contributed by atoms with Gasteiger partial charge in [0.2, 0.25) is 0 Å². The number of carbonyl (C=O) groups is 1. The molecule has 0 aromatic heterocycles. The second kappa shape index (κ2) is 5.31. The summed E-state index contributed by atoms with van der Waals surface area (Å²) < 4.78 is 0. The Morgan fingerprint density at radius 3 is 2.07 bits per heavy atom. The molecule has 0 spiro atoms. The van der Waals surface area contributed by atoms with Gasteiger partial charge in [-0.1, -0.05) is 26.0 Å². The summed E-state index contributed by atoms with van der Waals surface area (Å²) in [6.45, 7) is 11.9. The third-order valence-corrected chi connectivity index (χ3v) is 3.29. The Morgan fingerprint density at radius 2 is 1.87 bits per heavy atom. The minimum absolute atomic E-state index is 0.278. The Morgan fingerprint density at radius 1 is 1.47 bits per heavy atom. The van der Waals surface area contributed by atoms with E-state index in [1.807, 2.05) is 0 Å². The molecule has 88 valence electrons. The lowest BCUT2D eigenvalue weighted by atomic mass is 9.53. The van der Waals surface area contributed by atoms with Crippen LogP contribution in [0.15, 0.2) is 12.2 Å². The maximum absolute atomic E-state index is 9.00. The summed E-state index contributed by atoms with van der Waals surface area (Å²) in [5.74, 6) is 0.281.